The lowest BCUT2D eigenvalue weighted by Crippen LogP contribution is -2.32. The molecule has 252 valence electrons. The van der Waals surface area contributed by atoms with E-state index in [4.69, 9.17) is 4.74 Å². The maximum Gasteiger partial charge on any atom is 0.573 e. The summed E-state index contributed by atoms with van der Waals surface area (Å²) in [5.74, 6) is 1.25. The third-order valence-electron chi connectivity index (χ3n) is 7.60. The number of nitrogens with one attached hydrogen (secondary N) is 1. The van der Waals surface area contributed by atoms with Crippen LogP contribution >= 0.6 is 11.8 Å². The highest BCUT2D eigenvalue weighted by atomic mass is 32.2. The second kappa shape index (κ2) is 14.9. The van der Waals surface area contributed by atoms with Gasteiger partial charge in [0, 0.05) is 18.2 Å². The van der Waals surface area contributed by atoms with Crippen LogP contribution in [0.3, 0.4) is 0 Å². The SMILES string of the molecule is COc1ccc(C(C)C)c(N2C(=O)CS/C2=N\C(=O)NCCC(C)Cc2ccc(-c3ncn(-c4ccc(OC(F)(F)F)cc4)n3)cc2)c1. The van der Waals surface area contributed by atoms with Crippen molar-refractivity contribution in [2.24, 2.45) is 10.9 Å². The number of hydrogen-bond donors (Lipinski definition) is 1. The molecule has 2 heterocycles. The number of carbonyl (C=O) groups is 2. The number of amides is 3. The molecule has 0 saturated carbocycles. The minimum atomic E-state index is -4.75. The molecule has 1 fully saturated rings. The fraction of sp³-hybridized carbons (Fsp3) is 0.324. The molecule has 1 saturated heterocycles. The van der Waals surface area contributed by atoms with E-state index < -0.39 is 12.4 Å². The number of aliphatic imine (C=N–C) groups is 1. The Kier molecular flexibility index (Phi) is 10.7. The van der Waals surface area contributed by atoms with E-state index >= 15 is 0 Å². The molecule has 0 aliphatic carbocycles. The molecule has 1 unspecified atom stereocenters. The van der Waals surface area contributed by atoms with Crippen LogP contribution < -0.4 is 19.7 Å². The van der Waals surface area contributed by atoms with Crippen LogP contribution in [0.1, 0.15) is 44.2 Å². The quantitative estimate of drug-likeness (QED) is 0.176. The Labute approximate surface area is 280 Å². The van der Waals surface area contributed by atoms with Gasteiger partial charge in [-0.1, -0.05) is 62.9 Å². The molecule has 3 amide bonds. The zero-order valence-corrected chi connectivity index (χ0v) is 27.6. The third-order valence-corrected chi connectivity index (χ3v) is 8.52. The van der Waals surface area contributed by atoms with Crippen molar-refractivity contribution in [1.29, 1.82) is 0 Å². The Morgan fingerprint density at radius 2 is 1.75 bits per heavy atom. The van der Waals surface area contributed by atoms with Crippen LogP contribution in [0, 0.1) is 5.92 Å². The van der Waals surface area contributed by atoms with Crippen molar-refractivity contribution < 1.29 is 32.2 Å². The van der Waals surface area contributed by atoms with E-state index in [0.29, 0.717) is 34.7 Å². The van der Waals surface area contributed by atoms with Gasteiger partial charge in [-0.15, -0.1) is 18.3 Å². The van der Waals surface area contributed by atoms with Gasteiger partial charge in [0.15, 0.2) is 11.0 Å². The van der Waals surface area contributed by atoms with E-state index in [1.165, 1.54) is 51.9 Å². The Morgan fingerprint density at radius 3 is 2.42 bits per heavy atom. The first-order chi connectivity index (χ1) is 22.9. The van der Waals surface area contributed by atoms with Crippen molar-refractivity contribution in [3.8, 4) is 28.6 Å². The lowest BCUT2D eigenvalue weighted by molar-refractivity contribution is -0.274. The molecule has 4 aromatic rings. The summed E-state index contributed by atoms with van der Waals surface area (Å²) in [4.78, 5) is 35.7. The number of urea groups is 1. The van der Waals surface area contributed by atoms with E-state index in [1.54, 1.807) is 13.2 Å². The summed E-state index contributed by atoms with van der Waals surface area (Å²) in [6.45, 7) is 6.61. The summed E-state index contributed by atoms with van der Waals surface area (Å²) in [5, 5.41) is 7.64. The first-order valence-corrected chi connectivity index (χ1v) is 16.3. The highest BCUT2D eigenvalue weighted by Gasteiger charge is 2.33. The van der Waals surface area contributed by atoms with Gasteiger partial charge in [0.2, 0.25) is 5.91 Å². The van der Waals surface area contributed by atoms with Crippen molar-refractivity contribution in [1.82, 2.24) is 20.1 Å². The lowest BCUT2D eigenvalue weighted by atomic mass is 9.97. The number of thioether (sulfide) groups is 1. The molecule has 14 heteroatoms. The van der Waals surface area contributed by atoms with Crippen molar-refractivity contribution in [3.63, 3.8) is 0 Å². The summed E-state index contributed by atoms with van der Waals surface area (Å²) in [7, 11) is 1.57. The van der Waals surface area contributed by atoms with Gasteiger partial charge in [-0.25, -0.2) is 14.5 Å². The van der Waals surface area contributed by atoms with Gasteiger partial charge >= 0.3 is 12.4 Å². The molecule has 0 bridgehead atoms. The predicted octanol–water partition coefficient (Wildman–Crippen LogP) is 7.38. The summed E-state index contributed by atoms with van der Waals surface area (Å²) >= 11 is 1.23. The molecule has 1 atom stereocenters. The van der Waals surface area contributed by atoms with Crippen LogP contribution in [0.15, 0.2) is 78.0 Å². The van der Waals surface area contributed by atoms with Crippen LogP contribution in [-0.4, -0.2) is 57.6 Å². The minimum Gasteiger partial charge on any atom is -0.497 e. The van der Waals surface area contributed by atoms with Crippen LogP contribution in [0.2, 0.25) is 0 Å². The number of benzene rings is 3. The van der Waals surface area contributed by atoms with Crippen molar-refractivity contribution >= 4 is 34.6 Å². The highest BCUT2D eigenvalue weighted by Crippen LogP contribution is 2.36. The van der Waals surface area contributed by atoms with Gasteiger partial charge in [-0.3, -0.25) is 9.69 Å². The van der Waals surface area contributed by atoms with Gasteiger partial charge in [0.25, 0.3) is 0 Å². The van der Waals surface area contributed by atoms with E-state index in [0.717, 1.165) is 29.5 Å². The standard InChI is InChI=1S/C34H35F3N6O4S/c1-21(2)28-14-13-27(46-4)18-29(28)43-30(44)19-48-33(43)40-32(45)38-16-15-22(3)17-23-5-7-24(8-6-23)31-39-20-42(41-31)25-9-11-26(12-10-25)47-34(35,36)37/h5-14,18,20-22H,15-17,19H2,1-4H3,(H,38,45)/b40-33-. The second-order valence-corrected chi connectivity index (χ2v) is 12.5. The summed E-state index contributed by atoms with van der Waals surface area (Å²) in [6, 6.07) is 18.3. The predicted molar refractivity (Wildman–Crippen MR) is 179 cm³/mol. The monoisotopic (exact) mass is 680 g/mol. The number of methoxy groups -OCH3 is 1. The molecular formula is C34H35F3N6O4S. The maximum absolute atomic E-state index is 12.8. The Hall–Kier alpha value is -4.85. The summed E-state index contributed by atoms with van der Waals surface area (Å²) in [5.41, 5.74) is 4.06. The average Bonchev–Trinajstić information content (AvgIpc) is 3.67. The normalized spacial score (nSPS) is 14.9. The molecule has 48 heavy (non-hydrogen) atoms. The van der Waals surface area contributed by atoms with Crippen molar-refractivity contribution in [3.05, 3.63) is 84.2 Å². The molecule has 3 aromatic carbocycles. The van der Waals surface area contributed by atoms with Crippen LogP contribution in [0.5, 0.6) is 11.5 Å². The molecule has 1 aliphatic heterocycles. The van der Waals surface area contributed by atoms with E-state index in [1.807, 2.05) is 50.2 Å². The van der Waals surface area contributed by atoms with Crippen LogP contribution in [-0.2, 0) is 11.2 Å². The van der Waals surface area contributed by atoms with Gasteiger partial charge in [0.1, 0.15) is 17.8 Å². The highest BCUT2D eigenvalue weighted by molar-refractivity contribution is 8.15. The number of carbonyl (C=O) groups excluding carboxylic acids is 2. The number of aromatic nitrogens is 3. The van der Waals surface area contributed by atoms with Crippen LogP contribution in [0.25, 0.3) is 17.1 Å². The number of nitrogens with zero attached hydrogens (tertiary/aromatic N) is 5. The average molecular weight is 681 g/mol. The van der Waals surface area contributed by atoms with Crippen molar-refractivity contribution in [2.45, 2.75) is 45.9 Å². The number of hydrogen-bond acceptors (Lipinski definition) is 7. The minimum absolute atomic E-state index is 0.140. The smallest absolute Gasteiger partial charge is 0.497 e. The first-order valence-electron chi connectivity index (χ1n) is 15.3. The third kappa shape index (κ3) is 8.73. The zero-order chi connectivity index (χ0) is 34.4. The summed E-state index contributed by atoms with van der Waals surface area (Å²) in [6.07, 6.45) is -1.76. The lowest BCUT2D eigenvalue weighted by Gasteiger charge is -2.22. The molecule has 1 N–H and O–H groups in total. The molecule has 1 aliphatic rings. The van der Waals surface area contributed by atoms with Crippen molar-refractivity contribution in [2.75, 3.05) is 24.3 Å². The molecule has 10 nitrogen and oxygen atoms in total. The van der Waals surface area contributed by atoms with E-state index in [-0.39, 0.29) is 29.2 Å². The van der Waals surface area contributed by atoms with Gasteiger partial charge in [-0.2, -0.15) is 4.99 Å². The van der Waals surface area contributed by atoms with Gasteiger partial charge in [-0.05, 0) is 66.1 Å². The van der Waals surface area contributed by atoms with Gasteiger partial charge < -0.3 is 14.8 Å². The van der Waals surface area contributed by atoms with E-state index in [9.17, 15) is 22.8 Å². The molecular weight excluding hydrogens is 645 g/mol. The van der Waals surface area contributed by atoms with E-state index in [2.05, 4.69) is 32.1 Å². The number of amidine groups is 1. The Morgan fingerprint density at radius 1 is 1.04 bits per heavy atom. The first kappa shape index (κ1) is 34.5. The zero-order valence-electron chi connectivity index (χ0n) is 26.8. The number of ether oxygens (including phenoxy) is 2. The number of anilines is 1. The largest absolute Gasteiger partial charge is 0.573 e. The second-order valence-electron chi connectivity index (χ2n) is 11.6. The molecule has 0 radical (unpaired) electrons. The topological polar surface area (TPSA) is 111 Å². The van der Waals surface area contributed by atoms with Gasteiger partial charge in [0.05, 0.1) is 24.2 Å². The molecule has 1 aromatic heterocycles. The molecule has 5 rings (SSSR count). The fourth-order valence-electron chi connectivity index (χ4n) is 5.18. The number of halogens is 3. The maximum atomic E-state index is 12.8. The molecule has 0 spiro atoms. The Balaban J connectivity index is 1.13. The Bertz CT molecular complexity index is 1770. The number of rotatable bonds is 11. The fourth-order valence-corrected chi connectivity index (χ4v) is 6.04. The van der Waals surface area contributed by atoms with Crippen LogP contribution in [0.4, 0.5) is 23.7 Å². The summed E-state index contributed by atoms with van der Waals surface area (Å²) < 4.78 is 48.0. The number of alkyl halides is 3.